The molecule has 3 rings (SSSR count). The van der Waals surface area contributed by atoms with Crippen LogP contribution in [0.1, 0.15) is 11.1 Å². The van der Waals surface area contributed by atoms with E-state index in [4.69, 9.17) is 4.74 Å². The average molecular weight is 356 g/mol. The number of anilines is 1. The molecule has 1 fully saturated rings. The Morgan fingerprint density at radius 1 is 1.16 bits per heavy atom. The molecule has 25 heavy (non-hydrogen) atoms. The molecule has 0 unspecified atom stereocenters. The molecule has 0 aliphatic carbocycles. The Kier molecular flexibility index (Phi) is 5.03. The van der Waals surface area contributed by atoms with E-state index in [9.17, 15) is 17.6 Å². The van der Waals surface area contributed by atoms with Gasteiger partial charge in [-0.1, -0.05) is 0 Å². The quantitative estimate of drug-likeness (QED) is 0.854. The van der Waals surface area contributed by atoms with Gasteiger partial charge in [0.25, 0.3) is 0 Å². The van der Waals surface area contributed by atoms with Crippen LogP contribution in [0.4, 0.5) is 23.4 Å². The van der Waals surface area contributed by atoms with Gasteiger partial charge in [0.2, 0.25) is 0 Å². The van der Waals surface area contributed by atoms with E-state index in [0.717, 1.165) is 38.3 Å². The molecule has 0 spiro atoms. The van der Waals surface area contributed by atoms with Crippen LogP contribution in [0.2, 0.25) is 0 Å². The van der Waals surface area contributed by atoms with Gasteiger partial charge in [-0.25, -0.2) is 9.37 Å². The van der Waals surface area contributed by atoms with Crippen molar-refractivity contribution in [1.29, 1.82) is 0 Å². The number of halogens is 4. The summed E-state index contributed by atoms with van der Waals surface area (Å²) in [5.74, 6) is -0.286. The normalized spacial score (nSPS) is 15.3. The number of nitrogens with zero attached hydrogens (tertiary/aromatic N) is 3. The fraction of sp³-hybridized carbons (Fsp3) is 0.375. The summed E-state index contributed by atoms with van der Waals surface area (Å²) in [4.78, 5) is 10.3. The molecule has 2 aromatic rings. The van der Waals surface area contributed by atoms with Crippen molar-refractivity contribution in [3.8, 4) is 6.01 Å². The zero-order valence-electron chi connectivity index (χ0n) is 13.2. The van der Waals surface area contributed by atoms with Crippen LogP contribution in [0, 0.1) is 5.82 Å². The zero-order valence-corrected chi connectivity index (χ0v) is 13.2. The van der Waals surface area contributed by atoms with Gasteiger partial charge in [-0.3, -0.25) is 0 Å². The Labute approximate surface area is 141 Å². The number of alkyl halides is 3. The number of hydrogen-bond acceptors (Lipinski definition) is 5. The first-order chi connectivity index (χ1) is 11.9. The van der Waals surface area contributed by atoms with Crippen LogP contribution >= 0.6 is 0 Å². The van der Waals surface area contributed by atoms with Gasteiger partial charge in [-0.05, 0) is 29.8 Å². The highest BCUT2D eigenvalue weighted by molar-refractivity contribution is 5.39. The summed E-state index contributed by atoms with van der Waals surface area (Å²) in [6, 6.07) is 4.07. The van der Waals surface area contributed by atoms with E-state index in [1.54, 1.807) is 6.07 Å². The molecule has 0 saturated carbocycles. The van der Waals surface area contributed by atoms with E-state index in [1.807, 2.05) is 0 Å². The number of nitrogens with one attached hydrogen (secondary N) is 1. The van der Waals surface area contributed by atoms with Gasteiger partial charge >= 0.3 is 12.2 Å². The maximum atomic E-state index is 13.4. The van der Waals surface area contributed by atoms with Crippen molar-refractivity contribution in [3.63, 3.8) is 0 Å². The summed E-state index contributed by atoms with van der Waals surface area (Å²) < 4.78 is 56.9. The van der Waals surface area contributed by atoms with Gasteiger partial charge in [-0.2, -0.15) is 18.2 Å². The van der Waals surface area contributed by atoms with Crippen molar-refractivity contribution in [2.45, 2.75) is 12.8 Å². The first-order valence-corrected chi connectivity index (χ1v) is 7.70. The maximum absolute atomic E-state index is 13.4. The molecule has 0 bridgehead atoms. The van der Waals surface area contributed by atoms with Crippen LogP contribution < -0.4 is 15.0 Å². The van der Waals surface area contributed by atoms with E-state index in [-0.39, 0.29) is 18.2 Å². The van der Waals surface area contributed by atoms with Crippen LogP contribution in [0.5, 0.6) is 6.01 Å². The standard InChI is InChI=1S/C16H16F4N4O/c17-13-8-11(7-12(9-13)16(18,19)20)10-25-15-22-2-1-14(23-15)24-5-3-21-4-6-24/h1-2,7-9,21H,3-6,10H2. The second kappa shape index (κ2) is 7.22. The molecule has 1 aromatic heterocycles. The first kappa shape index (κ1) is 17.4. The Balaban J connectivity index is 1.70. The lowest BCUT2D eigenvalue weighted by atomic mass is 10.1. The van der Waals surface area contributed by atoms with Gasteiger partial charge in [-0.15, -0.1) is 0 Å². The van der Waals surface area contributed by atoms with E-state index < -0.39 is 17.6 Å². The summed E-state index contributed by atoms with van der Waals surface area (Å²) in [5.41, 5.74) is -0.995. The van der Waals surface area contributed by atoms with E-state index >= 15 is 0 Å². The van der Waals surface area contributed by atoms with Gasteiger partial charge in [0.05, 0.1) is 5.56 Å². The number of aromatic nitrogens is 2. The first-order valence-electron chi connectivity index (χ1n) is 7.70. The summed E-state index contributed by atoms with van der Waals surface area (Å²) in [6.45, 7) is 2.99. The Bertz CT molecular complexity index is 732. The summed E-state index contributed by atoms with van der Waals surface area (Å²) in [7, 11) is 0. The highest BCUT2D eigenvalue weighted by Gasteiger charge is 2.31. The number of rotatable bonds is 4. The number of piperazine rings is 1. The van der Waals surface area contributed by atoms with Crippen LogP contribution in [-0.4, -0.2) is 36.1 Å². The van der Waals surface area contributed by atoms with Gasteiger partial charge in [0, 0.05) is 32.4 Å². The van der Waals surface area contributed by atoms with Crippen LogP contribution in [0.15, 0.2) is 30.5 Å². The summed E-state index contributed by atoms with van der Waals surface area (Å²) in [6.07, 6.45) is -3.10. The van der Waals surface area contributed by atoms with Crippen molar-refractivity contribution >= 4 is 5.82 Å². The number of ether oxygens (including phenoxy) is 1. The average Bonchev–Trinajstić information content (AvgIpc) is 2.60. The smallest absolute Gasteiger partial charge is 0.416 e. The fourth-order valence-electron chi connectivity index (χ4n) is 2.52. The predicted octanol–water partition coefficient (Wildman–Crippen LogP) is 2.62. The largest absolute Gasteiger partial charge is 0.459 e. The maximum Gasteiger partial charge on any atom is 0.416 e. The molecular weight excluding hydrogens is 340 g/mol. The van der Waals surface area contributed by atoms with Gasteiger partial charge in [0.1, 0.15) is 18.2 Å². The third-order valence-electron chi connectivity index (χ3n) is 3.71. The number of benzene rings is 1. The molecule has 9 heteroatoms. The molecule has 1 saturated heterocycles. The Morgan fingerprint density at radius 3 is 2.64 bits per heavy atom. The minimum Gasteiger partial charge on any atom is -0.459 e. The topological polar surface area (TPSA) is 50.3 Å². The highest BCUT2D eigenvalue weighted by atomic mass is 19.4. The lowest BCUT2D eigenvalue weighted by Gasteiger charge is -2.28. The van der Waals surface area contributed by atoms with Gasteiger partial charge < -0.3 is 15.0 Å². The lowest BCUT2D eigenvalue weighted by molar-refractivity contribution is -0.137. The highest BCUT2D eigenvalue weighted by Crippen LogP contribution is 2.30. The second-order valence-electron chi connectivity index (χ2n) is 5.57. The predicted molar refractivity (Wildman–Crippen MR) is 82.8 cm³/mol. The van der Waals surface area contributed by atoms with Crippen molar-refractivity contribution in [2.75, 3.05) is 31.1 Å². The van der Waals surface area contributed by atoms with Crippen molar-refractivity contribution in [3.05, 3.63) is 47.4 Å². The van der Waals surface area contributed by atoms with Crippen molar-refractivity contribution in [2.24, 2.45) is 0 Å². The van der Waals surface area contributed by atoms with Crippen LogP contribution in [0.25, 0.3) is 0 Å². The SMILES string of the molecule is Fc1cc(COc2nccc(N3CCNCC3)n2)cc(C(F)(F)F)c1. The van der Waals surface area contributed by atoms with Crippen LogP contribution in [0.3, 0.4) is 0 Å². The van der Waals surface area contributed by atoms with Gasteiger partial charge in [0.15, 0.2) is 0 Å². The Morgan fingerprint density at radius 2 is 1.92 bits per heavy atom. The molecule has 0 radical (unpaired) electrons. The molecule has 2 heterocycles. The lowest BCUT2D eigenvalue weighted by Crippen LogP contribution is -2.43. The second-order valence-corrected chi connectivity index (χ2v) is 5.57. The van der Waals surface area contributed by atoms with Crippen molar-refractivity contribution < 1.29 is 22.3 Å². The monoisotopic (exact) mass is 356 g/mol. The molecule has 1 aromatic carbocycles. The van der Waals surface area contributed by atoms with Crippen molar-refractivity contribution in [1.82, 2.24) is 15.3 Å². The molecule has 1 aliphatic rings. The molecule has 1 N–H and O–H groups in total. The zero-order chi connectivity index (χ0) is 17.9. The third kappa shape index (κ3) is 4.56. The molecule has 0 atom stereocenters. The third-order valence-corrected chi connectivity index (χ3v) is 3.71. The summed E-state index contributed by atoms with van der Waals surface area (Å²) in [5, 5.41) is 3.22. The number of hydrogen-bond donors (Lipinski definition) is 1. The molecule has 1 aliphatic heterocycles. The van der Waals surface area contributed by atoms with Crippen LogP contribution in [-0.2, 0) is 12.8 Å². The molecule has 5 nitrogen and oxygen atoms in total. The summed E-state index contributed by atoms with van der Waals surface area (Å²) >= 11 is 0. The molecule has 134 valence electrons. The Hall–Kier alpha value is -2.42. The van der Waals surface area contributed by atoms with E-state index in [0.29, 0.717) is 11.9 Å². The minimum atomic E-state index is -4.62. The fourth-order valence-corrected chi connectivity index (χ4v) is 2.52. The van der Waals surface area contributed by atoms with E-state index in [2.05, 4.69) is 20.2 Å². The van der Waals surface area contributed by atoms with E-state index in [1.165, 1.54) is 6.20 Å². The minimum absolute atomic E-state index is 0.0360. The molecule has 0 amide bonds. The molecular formula is C16H16F4N4O.